The molecule has 1 fully saturated rings. The zero-order chi connectivity index (χ0) is 16.7. The first-order chi connectivity index (χ1) is 10.9. The van der Waals surface area contributed by atoms with Crippen molar-refractivity contribution >= 4 is 17.1 Å². The van der Waals surface area contributed by atoms with E-state index in [1.165, 1.54) is 9.47 Å². The van der Waals surface area contributed by atoms with Crippen LogP contribution in [0.4, 0.5) is 5.95 Å². The van der Waals surface area contributed by atoms with Crippen LogP contribution in [0.15, 0.2) is 9.59 Å². The average Bonchev–Trinajstić information content (AvgIpc) is 2.85. The van der Waals surface area contributed by atoms with Crippen molar-refractivity contribution in [2.75, 3.05) is 38.1 Å². The lowest BCUT2D eigenvalue weighted by Gasteiger charge is -2.31. The van der Waals surface area contributed by atoms with Gasteiger partial charge in [0.15, 0.2) is 11.2 Å². The molecule has 1 saturated heterocycles. The van der Waals surface area contributed by atoms with Crippen molar-refractivity contribution in [3.8, 4) is 0 Å². The summed E-state index contributed by atoms with van der Waals surface area (Å²) in [5.74, 6) is 1.17. The van der Waals surface area contributed by atoms with Crippen molar-refractivity contribution < 1.29 is 4.90 Å². The number of H-pyrrole nitrogens is 1. The number of nitrogens with zero attached hydrogens (tertiary/aromatic N) is 4. The van der Waals surface area contributed by atoms with Crippen LogP contribution in [-0.4, -0.2) is 52.3 Å². The van der Waals surface area contributed by atoms with E-state index in [9.17, 15) is 9.59 Å². The molecule has 1 aliphatic rings. The molecule has 2 aromatic heterocycles. The molecule has 3 heterocycles. The number of fused-ring (bicyclic) bond motifs is 1. The van der Waals surface area contributed by atoms with Crippen molar-refractivity contribution in [1.82, 2.24) is 19.1 Å². The van der Waals surface area contributed by atoms with Crippen LogP contribution in [0.1, 0.15) is 13.8 Å². The van der Waals surface area contributed by atoms with Crippen LogP contribution in [-0.2, 0) is 13.6 Å². The van der Waals surface area contributed by atoms with Crippen LogP contribution in [0.5, 0.6) is 0 Å². The summed E-state index contributed by atoms with van der Waals surface area (Å²) in [7, 11) is 3.83. The summed E-state index contributed by atoms with van der Waals surface area (Å²) >= 11 is 0. The van der Waals surface area contributed by atoms with E-state index in [4.69, 9.17) is 0 Å². The standard InChI is InChI=1S/C15H24N6O2/c1-10(2)9-21-11-12(19(4)15(23)17-13(11)22)16-14(21)20-7-5-18(3)6-8-20/h10H,5-9H2,1-4H3,(H,17,22,23)/p+1. The molecule has 0 unspecified atom stereocenters. The third-order valence-corrected chi connectivity index (χ3v) is 4.43. The van der Waals surface area contributed by atoms with E-state index >= 15 is 0 Å². The monoisotopic (exact) mass is 321 g/mol. The molecule has 1 aliphatic heterocycles. The summed E-state index contributed by atoms with van der Waals surface area (Å²) in [6.45, 7) is 8.81. The highest BCUT2D eigenvalue weighted by atomic mass is 16.2. The predicted octanol–water partition coefficient (Wildman–Crippen LogP) is -1.59. The highest BCUT2D eigenvalue weighted by molar-refractivity contribution is 5.74. The molecule has 23 heavy (non-hydrogen) atoms. The van der Waals surface area contributed by atoms with Crippen LogP contribution in [0.3, 0.4) is 0 Å². The van der Waals surface area contributed by atoms with E-state index in [0.717, 1.165) is 32.1 Å². The minimum absolute atomic E-state index is 0.359. The lowest BCUT2D eigenvalue weighted by molar-refractivity contribution is -0.880. The lowest BCUT2D eigenvalue weighted by Crippen LogP contribution is -3.12. The molecule has 0 saturated carbocycles. The van der Waals surface area contributed by atoms with Gasteiger partial charge in [-0.2, -0.15) is 4.98 Å². The fourth-order valence-electron chi connectivity index (χ4n) is 3.09. The van der Waals surface area contributed by atoms with Gasteiger partial charge < -0.3 is 14.4 Å². The molecule has 0 spiro atoms. The van der Waals surface area contributed by atoms with E-state index in [2.05, 4.69) is 35.8 Å². The zero-order valence-electron chi connectivity index (χ0n) is 14.2. The largest absolute Gasteiger partial charge is 0.334 e. The van der Waals surface area contributed by atoms with Crippen molar-refractivity contribution in [1.29, 1.82) is 0 Å². The average molecular weight is 321 g/mol. The Hall–Kier alpha value is -2.09. The van der Waals surface area contributed by atoms with E-state index in [1.807, 2.05) is 4.57 Å². The fraction of sp³-hybridized carbons (Fsp3) is 0.667. The number of likely N-dealkylation sites (N-methyl/N-ethyl adjacent to an activating group) is 1. The Bertz CT molecular complexity index is 823. The first-order valence-corrected chi connectivity index (χ1v) is 8.14. The highest BCUT2D eigenvalue weighted by Gasteiger charge is 2.25. The zero-order valence-corrected chi connectivity index (χ0v) is 14.2. The number of hydrogen-bond acceptors (Lipinski definition) is 4. The van der Waals surface area contributed by atoms with Gasteiger partial charge in [0.2, 0.25) is 5.95 Å². The van der Waals surface area contributed by atoms with E-state index in [-0.39, 0.29) is 5.56 Å². The van der Waals surface area contributed by atoms with Gasteiger partial charge in [0, 0.05) is 13.6 Å². The molecular weight excluding hydrogens is 296 g/mol. The topological polar surface area (TPSA) is 80.4 Å². The SMILES string of the molecule is CC(C)Cn1c(N2CC[NH+](C)CC2)nc2c1c(=O)[nH]c(=O)n2C. The van der Waals surface area contributed by atoms with Gasteiger partial charge in [-0.1, -0.05) is 13.8 Å². The Morgan fingerprint density at radius 2 is 1.91 bits per heavy atom. The van der Waals surface area contributed by atoms with Crippen LogP contribution >= 0.6 is 0 Å². The fourth-order valence-corrected chi connectivity index (χ4v) is 3.09. The van der Waals surface area contributed by atoms with Gasteiger partial charge in [-0.25, -0.2) is 4.79 Å². The minimum atomic E-state index is -0.425. The Labute approximate surface area is 134 Å². The molecule has 8 nitrogen and oxygen atoms in total. The number of aromatic nitrogens is 4. The van der Waals surface area contributed by atoms with Crippen LogP contribution in [0, 0.1) is 5.92 Å². The quantitative estimate of drug-likeness (QED) is 0.715. The second kappa shape index (κ2) is 5.84. The number of hydrogen-bond donors (Lipinski definition) is 2. The maximum atomic E-state index is 12.3. The molecule has 8 heteroatoms. The smallest absolute Gasteiger partial charge is 0.329 e. The third kappa shape index (κ3) is 2.78. The number of piperazine rings is 1. The van der Waals surface area contributed by atoms with Crippen LogP contribution < -0.4 is 21.0 Å². The molecule has 2 aromatic rings. The number of imidazole rings is 1. The Morgan fingerprint density at radius 3 is 2.52 bits per heavy atom. The molecule has 0 aromatic carbocycles. The van der Waals surface area contributed by atoms with Crippen molar-refractivity contribution in [3.05, 3.63) is 20.8 Å². The van der Waals surface area contributed by atoms with E-state index in [0.29, 0.717) is 23.6 Å². The van der Waals surface area contributed by atoms with Crippen molar-refractivity contribution in [2.24, 2.45) is 13.0 Å². The molecule has 3 rings (SSSR count). The van der Waals surface area contributed by atoms with Crippen molar-refractivity contribution in [3.63, 3.8) is 0 Å². The molecule has 0 radical (unpaired) electrons. The van der Waals surface area contributed by atoms with Gasteiger partial charge in [-0.3, -0.25) is 14.3 Å². The Morgan fingerprint density at radius 1 is 1.26 bits per heavy atom. The second-order valence-corrected chi connectivity index (χ2v) is 6.85. The number of aryl methyl sites for hydroxylation is 1. The maximum Gasteiger partial charge on any atom is 0.329 e. The van der Waals surface area contributed by atoms with E-state index in [1.54, 1.807) is 7.05 Å². The summed E-state index contributed by atoms with van der Waals surface area (Å²) in [5, 5.41) is 0. The molecule has 2 N–H and O–H groups in total. The van der Waals surface area contributed by atoms with Gasteiger partial charge in [0.05, 0.1) is 33.2 Å². The minimum Gasteiger partial charge on any atom is -0.334 e. The number of rotatable bonds is 3. The molecule has 126 valence electrons. The first kappa shape index (κ1) is 15.8. The van der Waals surface area contributed by atoms with Gasteiger partial charge >= 0.3 is 5.69 Å². The van der Waals surface area contributed by atoms with Gasteiger partial charge in [-0.05, 0) is 5.92 Å². The summed E-state index contributed by atoms with van der Waals surface area (Å²) in [6.07, 6.45) is 0. The normalized spacial score (nSPS) is 16.7. The molecule has 0 bridgehead atoms. The van der Waals surface area contributed by atoms with Gasteiger partial charge in [-0.15, -0.1) is 0 Å². The Kier molecular flexibility index (Phi) is 4.01. The number of aromatic amines is 1. The van der Waals surface area contributed by atoms with E-state index < -0.39 is 5.69 Å². The number of anilines is 1. The van der Waals surface area contributed by atoms with Crippen LogP contribution in [0.25, 0.3) is 11.2 Å². The molecular formula is C15H25N6O2+. The summed E-state index contributed by atoms with van der Waals surface area (Å²) in [5.41, 5.74) is 0.163. The maximum absolute atomic E-state index is 12.3. The molecule has 0 aliphatic carbocycles. The predicted molar refractivity (Wildman–Crippen MR) is 89.3 cm³/mol. The number of nitrogens with one attached hydrogen (secondary N) is 2. The summed E-state index contributed by atoms with van der Waals surface area (Å²) in [6, 6.07) is 0. The van der Waals surface area contributed by atoms with Gasteiger partial charge in [0.1, 0.15) is 0 Å². The highest BCUT2D eigenvalue weighted by Crippen LogP contribution is 2.21. The lowest BCUT2D eigenvalue weighted by atomic mass is 10.2. The molecule has 0 atom stereocenters. The second-order valence-electron chi connectivity index (χ2n) is 6.85. The third-order valence-electron chi connectivity index (χ3n) is 4.43. The molecule has 0 amide bonds. The van der Waals surface area contributed by atoms with Crippen LogP contribution in [0.2, 0.25) is 0 Å². The first-order valence-electron chi connectivity index (χ1n) is 8.14. The Balaban J connectivity index is 2.20. The van der Waals surface area contributed by atoms with Gasteiger partial charge in [0.25, 0.3) is 5.56 Å². The van der Waals surface area contributed by atoms with Crippen molar-refractivity contribution in [2.45, 2.75) is 20.4 Å². The summed E-state index contributed by atoms with van der Waals surface area (Å²) in [4.78, 5) is 35.0. The summed E-state index contributed by atoms with van der Waals surface area (Å²) < 4.78 is 3.39. The number of quaternary nitrogens is 1.